The van der Waals surface area contributed by atoms with Crippen LogP contribution >= 0.6 is 15.9 Å². The van der Waals surface area contributed by atoms with Crippen LogP contribution in [0, 0.1) is 0 Å². The number of rotatable bonds is 8. The quantitative estimate of drug-likeness (QED) is 0.402. The lowest BCUT2D eigenvalue weighted by Gasteiger charge is -2.19. The lowest BCUT2D eigenvalue weighted by molar-refractivity contribution is -0.156. The monoisotopic (exact) mass is 356 g/mol. The van der Waals surface area contributed by atoms with Crippen LogP contribution in [0.25, 0.3) is 0 Å². The van der Waals surface area contributed by atoms with Gasteiger partial charge in [0.15, 0.2) is 0 Å². The fourth-order valence-electron chi connectivity index (χ4n) is 1.89. The number of alkyl halides is 1. The van der Waals surface area contributed by atoms with Crippen molar-refractivity contribution < 1.29 is 14.3 Å². The van der Waals surface area contributed by atoms with Gasteiger partial charge in [-0.25, -0.2) is 0 Å². The molecule has 0 unspecified atom stereocenters. The minimum absolute atomic E-state index is 0.207. The third-order valence-electron chi connectivity index (χ3n) is 2.78. The van der Waals surface area contributed by atoms with Crippen LogP contribution in [0.5, 0.6) is 0 Å². The van der Waals surface area contributed by atoms with Gasteiger partial charge in [0, 0.05) is 5.33 Å². The Balaban J connectivity index is 2.19. The average molecular weight is 357 g/mol. The number of carbonyl (C=O) groups is 1. The first-order valence-electron chi connectivity index (χ1n) is 7.34. The molecule has 0 aliphatic carbocycles. The number of halogens is 1. The molecule has 0 spiro atoms. The second kappa shape index (κ2) is 9.21. The van der Waals surface area contributed by atoms with E-state index in [9.17, 15) is 4.79 Å². The van der Waals surface area contributed by atoms with E-state index < -0.39 is 5.60 Å². The lowest BCUT2D eigenvalue weighted by atomic mass is 10.1. The molecule has 0 fully saturated rings. The van der Waals surface area contributed by atoms with Crippen molar-refractivity contribution in [3.05, 3.63) is 35.4 Å². The van der Waals surface area contributed by atoms with Crippen molar-refractivity contribution >= 4 is 21.9 Å². The second-order valence-electron chi connectivity index (χ2n) is 5.96. The van der Waals surface area contributed by atoms with Crippen LogP contribution in [0.15, 0.2) is 24.3 Å². The number of benzene rings is 1. The molecular weight excluding hydrogens is 332 g/mol. The maximum Gasteiger partial charge on any atom is 0.308 e. The summed E-state index contributed by atoms with van der Waals surface area (Å²) in [6.07, 6.45) is 2.21. The van der Waals surface area contributed by atoms with Crippen LogP contribution in [0.3, 0.4) is 0 Å². The Morgan fingerprint density at radius 1 is 1.14 bits per heavy atom. The number of aryl methyl sites for hydroxylation is 1. The van der Waals surface area contributed by atoms with Crippen molar-refractivity contribution in [2.45, 2.75) is 45.6 Å². The normalized spacial score (nSPS) is 11.4. The van der Waals surface area contributed by atoms with Gasteiger partial charge in [-0.15, -0.1) is 0 Å². The van der Waals surface area contributed by atoms with Crippen molar-refractivity contribution in [1.82, 2.24) is 0 Å². The van der Waals surface area contributed by atoms with Crippen LogP contribution in [0.1, 0.15) is 38.3 Å². The first-order chi connectivity index (χ1) is 9.90. The number of hydrogen-bond donors (Lipinski definition) is 0. The Bertz CT molecular complexity index is 438. The van der Waals surface area contributed by atoms with Gasteiger partial charge in [0.25, 0.3) is 0 Å². The van der Waals surface area contributed by atoms with Gasteiger partial charge in [-0.2, -0.15) is 0 Å². The van der Waals surface area contributed by atoms with Gasteiger partial charge in [0.05, 0.1) is 19.6 Å². The van der Waals surface area contributed by atoms with Crippen molar-refractivity contribution in [3.8, 4) is 0 Å². The van der Waals surface area contributed by atoms with E-state index in [1.165, 1.54) is 11.1 Å². The summed E-state index contributed by atoms with van der Waals surface area (Å²) in [6, 6.07) is 8.52. The number of ether oxygens (including phenoxy) is 2. The Morgan fingerprint density at radius 2 is 1.81 bits per heavy atom. The molecular formula is C17H25BrO3. The van der Waals surface area contributed by atoms with Crippen molar-refractivity contribution in [1.29, 1.82) is 0 Å². The predicted octanol–water partition coefficient (Wildman–Crippen LogP) is 3.91. The van der Waals surface area contributed by atoms with E-state index >= 15 is 0 Å². The Kier molecular flexibility index (Phi) is 7.97. The molecule has 0 bridgehead atoms. The lowest BCUT2D eigenvalue weighted by Crippen LogP contribution is -2.24. The first-order valence-corrected chi connectivity index (χ1v) is 8.46. The maximum absolute atomic E-state index is 11.5. The molecule has 0 radical (unpaired) electrons. The van der Waals surface area contributed by atoms with Crippen LogP contribution in [-0.2, 0) is 27.1 Å². The van der Waals surface area contributed by atoms with Crippen LogP contribution in [0.4, 0.5) is 0 Å². The van der Waals surface area contributed by atoms with Crippen molar-refractivity contribution in [2.24, 2.45) is 0 Å². The summed E-state index contributed by atoms with van der Waals surface area (Å²) in [7, 11) is 0. The van der Waals surface area contributed by atoms with E-state index in [1.54, 1.807) is 0 Å². The minimum Gasteiger partial charge on any atom is -0.460 e. The highest BCUT2D eigenvalue weighted by atomic mass is 79.9. The van der Waals surface area contributed by atoms with Crippen LogP contribution in [0.2, 0.25) is 0 Å². The smallest absolute Gasteiger partial charge is 0.308 e. The summed E-state index contributed by atoms with van der Waals surface area (Å²) in [5.41, 5.74) is 2.18. The van der Waals surface area contributed by atoms with E-state index in [-0.39, 0.29) is 5.97 Å². The molecule has 0 saturated heterocycles. The van der Waals surface area contributed by atoms with Gasteiger partial charge in [-0.1, -0.05) is 40.2 Å². The van der Waals surface area contributed by atoms with Gasteiger partial charge < -0.3 is 9.47 Å². The highest BCUT2D eigenvalue weighted by Crippen LogP contribution is 2.09. The van der Waals surface area contributed by atoms with Gasteiger partial charge in [-0.05, 0) is 44.7 Å². The second-order valence-corrected chi connectivity index (χ2v) is 6.75. The molecule has 0 aliphatic heterocycles. The number of esters is 1. The summed E-state index contributed by atoms with van der Waals surface area (Å²) in [4.78, 5) is 11.5. The van der Waals surface area contributed by atoms with E-state index in [0.717, 1.165) is 18.2 Å². The SMILES string of the molecule is CC(C)(C)OC(=O)CCOCCc1cccc(CCBr)c1. The Hall–Kier alpha value is -0.870. The zero-order valence-corrected chi connectivity index (χ0v) is 14.7. The minimum atomic E-state index is -0.424. The Labute approximate surface area is 136 Å². The predicted molar refractivity (Wildman–Crippen MR) is 88.9 cm³/mol. The van der Waals surface area contributed by atoms with Crippen molar-refractivity contribution in [3.63, 3.8) is 0 Å². The topological polar surface area (TPSA) is 35.5 Å². The Morgan fingerprint density at radius 3 is 2.43 bits per heavy atom. The van der Waals surface area contributed by atoms with Gasteiger partial charge in [0.2, 0.25) is 0 Å². The number of carbonyl (C=O) groups excluding carboxylic acids is 1. The highest BCUT2D eigenvalue weighted by molar-refractivity contribution is 9.09. The van der Waals surface area contributed by atoms with Gasteiger partial charge in [0.1, 0.15) is 5.60 Å². The summed E-state index contributed by atoms with van der Waals surface area (Å²) in [6.45, 7) is 6.64. The zero-order valence-electron chi connectivity index (χ0n) is 13.2. The zero-order chi connectivity index (χ0) is 15.7. The number of hydrogen-bond acceptors (Lipinski definition) is 3. The maximum atomic E-state index is 11.5. The molecule has 118 valence electrons. The molecule has 0 heterocycles. The fourth-order valence-corrected chi connectivity index (χ4v) is 2.35. The standard InChI is InChI=1S/C17H25BrO3/c1-17(2,3)21-16(19)9-12-20-11-8-15-6-4-5-14(13-15)7-10-18/h4-6,13H,7-12H2,1-3H3. The van der Waals surface area contributed by atoms with E-state index in [1.807, 2.05) is 20.8 Å². The third-order valence-corrected chi connectivity index (χ3v) is 3.18. The highest BCUT2D eigenvalue weighted by Gasteiger charge is 2.15. The van der Waals surface area contributed by atoms with Crippen molar-refractivity contribution in [2.75, 3.05) is 18.5 Å². The molecule has 21 heavy (non-hydrogen) atoms. The average Bonchev–Trinajstić information content (AvgIpc) is 2.37. The molecule has 1 aromatic carbocycles. The summed E-state index contributed by atoms with van der Waals surface area (Å²) < 4.78 is 10.7. The summed E-state index contributed by atoms with van der Waals surface area (Å²) in [5.74, 6) is -0.207. The van der Waals surface area contributed by atoms with E-state index in [2.05, 4.69) is 40.2 Å². The van der Waals surface area contributed by atoms with E-state index in [0.29, 0.717) is 19.6 Å². The molecule has 0 atom stereocenters. The molecule has 4 heteroatoms. The third kappa shape index (κ3) is 8.89. The molecule has 0 N–H and O–H groups in total. The van der Waals surface area contributed by atoms with Gasteiger partial charge in [-0.3, -0.25) is 4.79 Å². The first kappa shape index (κ1) is 18.2. The molecule has 1 aromatic rings. The molecule has 0 amide bonds. The fraction of sp³-hybridized carbons (Fsp3) is 0.588. The molecule has 3 nitrogen and oxygen atoms in total. The molecule has 1 rings (SSSR count). The molecule has 0 aromatic heterocycles. The molecule has 0 saturated carbocycles. The molecule has 0 aliphatic rings. The summed E-state index contributed by atoms with van der Waals surface area (Å²) >= 11 is 3.45. The summed E-state index contributed by atoms with van der Waals surface area (Å²) in [5, 5.41) is 0.975. The van der Waals surface area contributed by atoms with Crippen LogP contribution in [-0.4, -0.2) is 30.1 Å². The largest absolute Gasteiger partial charge is 0.460 e. The van der Waals surface area contributed by atoms with E-state index in [4.69, 9.17) is 9.47 Å². The van der Waals surface area contributed by atoms with Gasteiger partial charge >= 0.3 is 5.97 Å². The van der Waals surface area contributed by atoms with Crippen LogP contribution < -0.4 is 0 Å².